The van der Waals surface area contributed by atoms with E-state index in [-0.39, 0.29) is 12.4 Å². The molecular weight excluding hydrogens is 320 g/mol. The third kappa shape index (κ3) is 3.71. The predicted molar refractivity (Wildman–Crippen MR) is 85.5 cm³/mol. The van der Waals surface area contributed by atoms with Gasteiger partial charge in [-0.05, 0) is 47.1 Å². The zero-order valence-electron chi connectivity index (χ0n) is 11.5. The van der Waals surface area contributed by atoms with Gasteiger partial charge in [0.25, 0.3) is 0 Å². The summed E-state index contributed by atoms with van der Waals surface area (Å²) in [5.74, 6) is 0.0772. The molecule has 6 heteroatoms. The Morgan fingerprint density at radius 3 is 2.75 bits per heavy atom. The van der Waals surface area contributed by atoms with Crippen LogP contribution in [0, 0.1) is 5.41 Å². The van der Waals surface area contributed by atoms with Crippen molar-refractivity contribution in [2.24, 2.45) is 5.73 Å². The summed E-state index contributed by atoms with van der Waals surface area (Å²) in [7, 11) is 0. The average Bonchev–Trinajstić information content (AvgIpc) is 2.64. The first-order valence-electron chi connectivity index (χ1n) is 6.84. The highest BCUT2D eigenvalue weighted by Crippen LogP contribution is 2.24. The lowest BCUT2D eigenvalue weighted by Gasteiger charge is -2.24. The van der Waals surface area contributed by atoms with Gasteiger partial charge in [0.2, 0.25) is 0 Å². The minimum Gasteiger partial charge on any atom is -0.395 e. The highest BCUT2D eigenvalue weighted by Gasteiger charge is 2.15. The summed E-state index contributed by atoms with van der Waals surface area (Å²) < 4.78 is 0.860. The molecule has 1 aromatic rings. The lowest BCUT2D eigenvalue weighted by Crippen LogP contribution is -2.32. The first-order valence-corrected chi connectivity index (χ1v) is 7.63. The summed E-state index contributed by atoms with van der Waals surface area (Å²) in [5.41, 5.74) is 7.40. The van der Waals surface area contributed by atoms with Crippen molar-refractivity contribution in [2.75, 3.05) is 44.2 Å². The molecule has 0 bridgehead atoms. The molecule has 5 nitrogen and oxygen atoms in total. The van der Waals surface area contributed by atoms with E-state index in [1.807, 2.05) is 18.2 Å². The van der Waals surface area contributed by atoms with Crippen LogP contribution in [0.4, 0.5) is 5.69 Å². The smallest absolute Gasteiger partial charge is 0.123 e. The van der Waals surface area contributed by atoms with E-state index in [2.05, 4.69) is 25.7 Å². The number of nitrogens with zero attached hydrogens (tertiary/aromatic N) is 2. The van der Waals surface area contributed by atoms with Gasteiger partial charge in [0.15, 0.2) is 0 Å². The summed E-state index contributed by atoms with van der Waals surface area (Å²) in [6.07, 6.45) is 1.09. The molecule has 2 rings (SSSR count). The SMILES string of the molecule is N=C(N)c1ccc(N2CCCN(CCO)CC2)cc1Br. The number of anilines is 1. The van der Waals surface area contributed by atoms with E-state index in [0.717, 1.165) is 54.9 Å². The molecule has 0 spiro atoms. The second-order valence-corrected chi connectivity index (χ2v) is 5.84. The third-order valence-electron chi connectivity index (χ3n) is 3.61. The van der Waals surface area contributed by atoms with Crippen LogP contribution < -0.4 is 10.6 Å². The van der Waals surface area contributed by atoms with E-state index < -0.39 is 0 Å². The number of hydrogen-bond acceptors (Lipinski definition) is 4. The van der Waals surface area contributed by atoms with E-state index >= 15 is 0 Å². The molecule has 110 valence electrons. The number of aliphatic hydroxyl groups excluding tert-OH is 1. The first kappa shape index (κ1) is 15.3. The molecule has 1 heterocycles. The zero-order valence-corrected chi connectivity index (χ0v) is 13.1. The average molecular weight is 341 g/mol. The van der Waals surface area contributed by atoms with Gasteiger partial charge in [-0.25, -0.2) is 0 Å². The van der Waals surface area contributed by atoms with Crippen LogP contribution in [0.1, 0.15) is 12.0 Å². The maximum Gasteiger partial charge on any atom is 0.123 e. The van der Waals surface area contributed by atoms with Gasteiger partial charge < -0.3 is 15.7 Å². The van der Waals surface area contributed by atoms with Crippen LogP contribution >= 0.6 is 15.9 Å². The molecule has 4 N–H and O–H groups in total. The maximum absolute atomic E-state index is 9.02. The monoisotopic (exact) mass is 340 g/mol. The summed E-state index contributed by atoms with van der Waals surface area (Å²) in [6, 6.07) is 5.93. The lowest BCUT2D eigenvalue weighted by molar-refractivity contribution is 0.204. The van der Waals surface area contributed by atoms with Gasteiger partial charge in [-0.1, -0.05) is 0 Å². The predicted octanol–water partition coefficient (Wildman–Crippen LogP) is 1.24. The molecule has 1 aromatic carbocycles. The maximum atomic E-state index is 9.02. The van der Waals surface area contributed by atoms with Crippen molar-refractivity contribution in [1.82, 2.24) is 4.90 Å². The quantitative estimate of drug-likeness (QED) is 0.569. The van der Waals surface area contributed by atoms with Crippen molar-refractivity contribution in [1.29, 1.82) is 5.41 Å². The van der Waals surface area contributed by atoms with Crippen LogP contribution in [0.5, 0.6) is 0 Å². The lowest BCUT2D eigenvalue weighted by atomic mass is 10.1. The van der Waals surface area contributed by atoms with Crippen LogP contribution in [0.2, 0.25) is 0 Å². The number of nitrogens with one attached hydrogen (secondary N) is 1. The Hall–Kier alpha value is -1.11. The van der Waals surface area contributed by atoms with Gasteiger partial charge in [0, 0.05) is 41.9 Å². The summed E-state index contributed by atoms with van der Waals surface area (Å²) in [5, 5.41) is 16.5. The second-order valence-electron chi connectivity index (χ2n) is 4.98. The normalized spacial score (nSPS) is 17.0. The fourth-order valence-electron chi connectivity index (χ4n) is 2.51. The van der Waals surface area contributed by atoms with Gasteiger partial charge in [0.05, 0.1) is 6.61 Å². The Morgan fingerprint density at radius 2 is 2.10 bits per heavy atom. The van der Waals surface area contributed by atoms with Crippen LogP contribution in [0.25, 0.3) is 0 Å². The minimum absolute atomic E-state index is 0.0772. The number of hydrogen-bond donors (Lipinski definition) is 3. The molecule has 0 aliphatic carbocycles. The molecule has 0 unspecified atom stereocenters. The van der Waals surface area contributed by atoms with Gasteiger partial charge in [-0.2, -0.15) is 0 Å². The molecule has 0 aromatic heterocycles. The molecule has 0 amide bonds. The molecule has 0 radical (unpaired) electrons. The number of amidine groups is 1. The Labute approximate surface area is 128 Å². The van der Waals surface area contributed by atoms with Crippen molar-refractivity contribution >= 4 is 27.5 Å². The topological polar surface area (TPSA) is 76.6 Å². The third-order valence-corrected chi connectivity index (χ3v) is 4.27. The van der Waals surface area contributed by atoms with E-state index in [0.29, 0.717) is 0 Å². The Balaban J connectivity index is 2.08. The van der Waals surface area contributed by atoms with Crippen molar-refractivity contribution in [3.05, 3.63) is 28.2 Å². The van der Waals surface area contributed by atoms with Crippen molar-refractivity contribution in [3.8, 4) is 0 Å². The van der Waals surface area contributed by atoms with E-state index in [1.165, 1.54) is 0 Å². The number of aliphatic hydroxyl groups is 1. The number of halogens is 1. The first-order chi connectivity index (χ1) is 9.61. The largest absolute Gasteiger partial charge is 0.395 e. The number of rotatable bonds is 4. The molecule has 1 fully saturated rings. The van der Waals surface area contributed by atoms with Crippen molar-refractivity contribution in [2.45, 2.75) is 6.42 Å². The Morgan fingerprint density at radius 1 is 1.30 bits per heavy atom. The molecule has 1 aliphatic rings. The fraction of sp³-hybridized carbons (Fsp3) is 0.500. The summed E-state index contributed by atoms with van der Waals surface area (Å²) >= 11 is 3.48. The van der Waals surface area contributed by atoms with Gasteiger partial charge >= 0.3 is 0 Å². The van der Waals surface area contributed by atoms with Crippen LogP contribution in [-0.2, 0) is 0 Å². The van der Waals surface area contributed by atoms with Crippen LogP contribution in [0.3, 0.4) is 0 Å². The van der Waals surface area contributed by atoms with Crippen LogP contribution in [0.15, 0.2) is 22.7 Å². The fourth-order valence-corrected chi connectivity index (χ4v) is 3.09. The second kappa shape index (κ2) is 7.06. The molecule has 0 atom stereocenters. The number of benzene rings is 1. The number of nitrogen functional groups attached to an aromatic ring is 1. The summed E-state index contributed by atoms with van der Waals surface area (Å²) in [4.78, 5) is 4.63. The van der Waals surface area contributed by atoms with Gasteiger partial charge in [0.1, 0.15) is 5.84 Å². The summed E-state index contributed by atoms with van der Waals surface area (Å²) in [6.45, 7) is 4.93. The Bertz CT molecular complexity index is 480. The number of nitrogens with two attached hydrogens (primary N) is 1. The zero-order chi connectivity index (χ0) is 14.5. The van der Waals surface area contributed by atoms with Gasteiger partial charge in [-0.15, -0.1) is 0 Å². The molecule has 1 aliphatic heterocycles. The van der Waals surface area contributed by atoms with Gasteiger partial charge in [-0.3, -0.25) is 10.3 Å². The highest BCUT2D eigenvalue weighted by atomic mass is 79.9. The number of β-amino-alcohol motifs (C(OH)–C–C–N with tert-alkyl or cyclic N) is 1. The molecule has 20 heavy (non-hydrogen) atoms. The van der Waals surface area contributed by atoms with E-state index in [9.17, 15) is 0 Å². The molecular formula is C14H21BrN4O. The van der Waals surface area contributed by atoms with Crippen molar-refractivity contribution < 1.29 is 5.11 Å². The molecule has 0 saturated carbocycles. The molecule has 1 saturated heterocycles. The minimum atomic E-state index is 0.0772. The highest BCUT2D eigenvalue weighted by molar-refractivity contribution is 9.10. The Kier molecular flexibility index (Phi) is 5.39. The standard InChI is InChI=1S/C14H21BrN4O/c15-13-10-11(2-3-12(13)14(16)17)19-5-1-4-18(6-7-19)8-9-20/h2-3,10,20H,1,4-9H2,(H3,16,17). The van der Waals surface area contributed by atoms with E-state index in [4.69, 9.17) is 16.2 Å². The van der Waals surface area contributed by atoms with Crippen LogP contribution in [-0.4, -0.2) is 55.2 Å². The van der Waals surface area contributed by atoms with Crippen molar-refractivity contribution in [3.63, 3.8) is 0 Å². The van der Waals surface area contributed by atoms with E-state index in [1.54, 1.807) is 0 Å².